The molecule has 102 valence electrons. The number of benzene rings is 1. The third-order valence-electron chi connectivity index (χ3n) is 2.48. The van der Waals surface area contributed by atoms with E-state index in [-0.39, 0.29) is 26.6 Å². The highest BCUT2D eigenvalue weighted by Gasteiger charge is 2.17. The van der Waals surface area contributed by atoms with E-state index in [1.165, 1.54) is 13.0 Å². The van der Waals surface area contributed by atoms with E-state index in [0.29, 0.717) is 0 Å². The molecule has 19 heavy (non-hydrogen) atoms. The molecule has 0 radical (unpaired) electrons. The summed E-state index contributed by atoms with van der Waals surface area (Å²) in [7, 11) is -4.03. The van der Waals surface area contributed by atoms with Crippen molar-refractivity contribution in [2.75, 3.05) is 0 Å². The van der Waals surface area contributed by atoms with Crippen molar-refractivity contribution in [1.82, 2.24) is 9.97 Å². The Hall–Kier alpha value is -1.48. The Labute approximate surface area is 113 Å². The first kappa shape index (κ1) is 13.9. The molecule has 1 atom stereocenters. The van der Waals surface area contributed by atoms with Gasteiger partial charge in [-0.15, -0.1) is 0 Å². The van der Waals surface area contributed by atoms with Crippen molar-refractivity contribution in [1.29, 1.82) is 0 Å². The fourth-order valence-corrected chi connectivity index (χ4v) is 2.67. The summed E-state index contributed by atoms with van der Waals surface area (Å²) in [5.41, 5.74) is -0.403. The van der Waals surface area contributed by atoms with Crippen LogP contribution in [0.1, 0.15) is 18.9 Å². The highest BCUT2D eigenvalue weighted by molar-refractivity contribution is 7.89. The number of sulfonamides is 1. The van der Waals surface area contributed by atoms with Gasteiger partial charge in [0.25, 0.3) is 5.56 Å². The van der Waals surface area contributed by atoms with E-state index in [0.717, 1.165) is 6.07 Å². The van der Waals surface area contributed by atoms with Gasteiger partial charge in [-0.1, -0.05) is 11.6 Å². The van der Waals surface area contributed by atoms with Crippen molar-refractivity contribution in [2.24, 2.45) is 5.14 Å². The number of nitrogens with one attached hydrogen (secondary N) is 1. The van der Waals surface area contributed by atoms with Crippen LogP contribution in [0.3, 0.4) is 0 Å². The third-order valence-corrected chi connectivity index (χ3v) is 3.86. The van der Waals surface area contributed by atoms with Crippen molar-refractivity contribution >= 4 is 32.5 Å². The van der Waals surface area contributed by atoms with Crippen molar-refractivity contribution in [2.45, 2.75) is 17.9 Å². The molecule has 1 heterocycles. The van der Waals surface area contributed by atoms with Gasteiger partial charge in [0.05, 0.1) is 15.9 Å². The Morgan fingerprint density at radius 3 is 2.63 bits per heavy atom. The maximum atomic E-state index is 11.8. The van der Waals surface area contributed by atoms with Gasteiger partial charge >= 0.3 is 0 Å². The van der Waals surface area contributed by atoms with Gasteiger partial charge in [0, 0.05) is 0 Å². The molecule has 4 N–H and O–H groups in total. The predicted octanol–water partition coefficient (Wildman–Crippen LogP) is 0.277. The minimum absolute atomic E-state index is 0.0258. The number of nitrogens with zero attached hydrogens (tertiary/aromatic N) is 1. The summed E-state index contributed by atoms with van der Waals surface area (Å²) in [6.45, 7) is 1.43. The fraction of sp³-hybridized carbons (Fsp3) is 0.200. The number of rotatable bonds is 2. The molecule has 9 heteroatoms. The van der Waals surface area contributed by atoms with Crippen LogP contribution in [0.4, 0.5) is 0 Å². The molecule has 0 aliphatic heterocycles. The number of hydrogen-bond acceptors (Lipinski definition) is 5. The number of aromatic amines is 1. The first-order chi connectivity index (χ1) is 8.70. The number of aliphatic hydroxyl groups is 1. The molecule has 0 aliphatic carbocycles. The number of aromatic nitrogens is 2. The molecule has 0 saturated carbocycles. The van der Waals surface area contributed by atoms with Crippen LogP contribution in [0, 0.1) is 0 Å². The first-order valence-corrected chi connectivity index (χ1v) is 7.07. The molecule has 2 aromatic rings. The van der Waals surface area contributed by atoms with Crippen LogP contribution in [0.5, 0.6) is 0 Å². The minimum Gasteiger partial charge on any atom is -0.385 e. The Morgan fingerprint density at radius 2 is 2.11 bits per heavy atom. The fourth-order valence-electron chi connectivity index (χ4n) is 1.57. The monoisotopic (exact) mass is 303 g/mol. The van der Waals surface area contributed by atoms with E-state index >= 15 is 0 Å². The number of aliphatic hydroxyl groups excluding tert-OH is 1. The molecule has 0 saturated heterocycles. The third kappa shape index (κ3) is 2.61. The minimum atomic E-state index is -4.03. The molecular formula is C10H10ClN3O4S. The van der Waals surface area contributed by atoms with Gasteiger partial charge in [0.1, 0.15) is 16.8 Å². The molecule has 0 spiro atoms. The van der Waals surface area contributed by atoms with Gasteiger partial charge in [-0.05, 0) is 19.1 Å². The van der Waals surface area contributed by atoms with E-state index < -0.39 is 21.7 Å². The highest BCUT2D eigenvalue weighted by atomic mass is 35.5. The van der Waals surface area contributed by atoms with Gasteiger partial charge in [-0.2, -0.15) is 0 Å². The molecule has 0 aliphatic rings. The molecule has 0 fully saturated rings. The molecule has 7 nitrogen and oxygen atoms in total. The quantitative estimate of drug-likeness (QED) is 0.734. The van der Waals surface area contributed by atoms with Gasteiger partial charge in [-0.25, -0.2) is 18.5 Å². The van der Waals surface area contributed by atoms with Crippen LogP contribution in [0.2, 0.25) is 5.02 Å². The summed E-state index contributed by atoms with van der Waals surface area (Å²) in [6.07, 6.45) is -0.964. The lowest BCUT2D eigenvalue weighted by atomic mass is 10.2. The van der Waals surface area contributed by atoms with Crippen LogP contribution in [-0.4, -0.2) is 23.5 Å². The van der Waals surface area contributed by atoms with Crippen LogP contribution in [0.15, 0.2) is 21.8 Å². The summed E-state index contributed by atoms with van der Waals surface area (Å²) < 4.78 is 22.6. The topological polar surface area (TPSA) is 126 Å². The summed E-state index contributed by atoms with van der Waals surface area (Å²) in [6, 6.07) is 2.28. The van der Waals surface area contributed by atoms with Gasteiger partial charge < -0.3 is 10.1 Å². The van der Waals surface area contributed by atoms with Crippen molar-refractivity contribution in [3.63, 3.8) is 0 Å². The van der Waals surface area contributed by atoms with E-state index in [9.17, 15) is 18.3 Å². The van der Waals surface area contributed by atoms with Gasteiger partial charge in [0.15, 0.2) is 0 Å². The summed E-state index contributed by atoms with van der Waals surface area (Å²) in [5, 5.41) is 14.3. The van der Waals surface area contributed by atoms with Crippen LogP contribution < -0.4 is 10.7 Å². The molecule has 1 aromatic carbocycles. The zero-order valence-corrected chi connectivity index (χ0v) is 11.3. The zero-order valence-electron chi connectivity index (χ0n) is 9.71. The van der Waals surface area contributed by atoms with Crippen LogP contribution >= 0.6 is 11.6 Å². The largest absolute Gasteiger partial charge is 0.385 e. The summed E-state index contributed by atoms with van der Waals surface area (Å²) in [5.74, 6) is 0.0666. The second-order valence-corrected chi connectivity index (χ2v) is 5.91. The number of hydrogen-bond donors (Lipinski definition) is 3. The Morgan fingerprint density at radius 1 is 1.47 bits per heavy atom. The number of H-pyrrole nitrogens is 1. The molecule has 0 bridgehead atoms. The molecule has 1 aromatic heterocycles. The van der Waals surface area contributed by atoms with Crippen molar-refractivity contribution in [3.05, 3.63) is 33.3 Å². The van der Waals surface area contributed by atoms with Crippen LogP contribution in [-0.2, 0) is 10.0 Å². The summed E-state index contributed by atoms with van der Waals surface area (Å²) >= 11 is 5.80. The molecular weight excluding hydrogens is 294 g/mol. The van der Waals surface area contributed by atoms with E-state index in [2.05, 4.69) is 9.97 Å². The van der Waals surface area contributed by atoms with Crippen LogP contribution in [0.25, 0.3) is 10.9 Å². The number of halogens is 1. The Bertz CT molecular complexity index is 813. The number of primary sulfonamides is 1. The Kier molecular flexibility index (Phi) is 3.35. The number of fused-ring (bicyclic) bond motifs is 1. The molecule has 0 amide bonds. The first-order valence-electron chi connectivity index (χ1n) is 5.14. The second-order valence-electron chi connectivity index (χ2n) is 3.97. The lowest BCUT2D eigenvalue weighted by Crippen LogP contribution is -2.16. The normalized spacial score (nSPS) is 13.7. The average molecular weight is 304 g/mol. The van der Waals surface area contributed by atoms with Crippen molar-refractivity contribution < 1.29 is 13.5 Å². The smallest absolute Gasteiger partial charge is 0.258 e. The van der Waals surface area contributed by atoms with E-state index in [1.54, 1.807) is 0 Å². The maximum Gasteiger partial charge on any atom is 0.258 e. The predicted molar refractivity (Wildman–Crippen MR) is 69.4 cm³/mol. The van der Waals surface area contributed by atoms with Crippen molar-refractivity contribution in [3.8, 4) is 0 Å². The van der Waals surface area contributed by atoms with E-state index in [4.69, 9.17) is 16.7 Å². The zero-order chi connectivity index (χ0) is 14.4. The standard InChI is InChI=1S/C10H10ClN3O4S/c1-4(15)9-13-7-3-6(11)8(19(12,17)18)2-5(7)10(16)14-9/h2-4,15H,1H3,(H2,12,17,18)(H,13,14,16). The molecule has 2 rings (SSSR count). The Balaban J connectivity index is 2.87. The second kappa shape index (κ2) is 4.57. The summed E-state index contributed by atoms with van der Waals surface area (Å²) in [4.78, 5) is 17.8. The van der Waals surface area contributed by atoms with E-state index in [1.807, 2.05) is 0 Å². The van der Waals surface area contributed by atoms with Gasteiger partial charge in [-0.3, -0.25) is 4.79 Å². The van der Waals surface area contributed by atoms with Gasteiger partial charge in [0.2, 0.25) is 10.0 Å². The SMILES string of the molecule is CC(O)c1nc2cc(Cl)c(S(N)(=O)=O)cc2c(=O)[nH]1. The number of nitrogens with two attached hydrogens (primary N) is 1. The lowest BCUT2D eigenvalue weighted by Gasteiger charge is -2.07. The molecule has 1 unspecified atom stereocenters. The highest BCUT2D eigenvalue weighted by Crippen LogP contribution is 2.24. The maximum absolute atomic E-state index is 11.8. The average Bonchev–Trinajstić information content (AvgIpc) is 2.25. The lowest BCUT2D eigenvalue weighted by molar-refractivity contribution is 0.189.